The van der Waals surface area contributed by atoms with Crippen LogP contribution in [0.25, 0.3) is 10.9 Å². The quantitative estimate of drug-likeness (QED) is 0.618. The van der Waals surface area contributed by atoms with Crippen LogP contribution < -0.4 is 16.2 Å². The molecule has 0 radical (unpaired) electrons. The topological polar surface area (TPSA) is 113 Å². The van der Waals surface area contributed by atoms with E-state index in [1.807, 2.05) is 0 Å². The van der Waals surface area contributed by atoms with Crippen molar-refractivity contribution in [3.63, 3.8) is 0 Å². The van der Waals surface area contributed by atoms with Gasteiger partial charge in [0.25, 0.3) is 11.5 Å². The molecule has 2 aromatic rings. The lowest BCUT2D eigenvalue weighted by Gasteiger charge is -2.06. The molecule has 0 aliphatic carbocycles. The van der Waals surface area contributed by atoms with Crippen molar-refractivity contribution in [2.45, 2.75) is 0 Å². The molecule has 1 aromatic carbocycles. The number of carbonyl (C=O) groups is 2. The molecule has 22 heavy (non-hydrogen) atoms. The van der Waals surface area contributed by atoms with Crippen LogP contribution in [0.1, 0.15) is 10.6 Å². The maximum absolute atomic E-state index is 11.9. The number of rotatable bonds is 6. The summed E-state index contributed by atoms with van der Waals surface area (Å²) in [5, 5.41) is 5.54. The second kappa shape index (κ2) is 7.32. The summed E-state index contributed by atoms with van der Waals surface area (Å²) < 4.78 is 4.66. The lowest BCUT2D eigenvalue weighted by Crippen LogP contribution is -2.37. The van der Waals surface area contributed by atoms with Gasteiger partial charge in [-0.3, -0.25) is 14.4 Å². The Hall–Kier alpha value is -2.74. The SMILES string of the molecule is COCC(=O)NCCNC(=O)c1nc2ccccc2c(=O)[nH]1. The number of methoxy groups -OCH3 is 1. The number of H-pyrrole nitrogens is 1. The Kier molecular flexibility index (Phi) is 5.21. The van der Waals surface area contributed by atoms with E-state index in [9.17, 15) is 14.4 Å². The van der Waals surface area contributed by atoms with Gasteiger partial charge in [-0.2, -0.15) is 0 Å². The third-order valence-corrected chi connectivity index (χ3v) is 2.84. The second-order valence-corrected chi connectivity index (χ2v) is 4.47. The van der Waals surface area contributed by atoms with Gasteiger partial charge in [-0.15, -0.1) is 0 Å². The molecular formula is C14H16N4O4. The van der Waals surface area contributed by atoms with Gasteiger partial charge >= 0.3 is 0 Å². The molecule has 8 nitrogen and oxygen atoms in total. The highest BCUT2D eigenvalue weighted by molar-refractivity contribution is 5.92. The first-order chi connectivity index (χ1) is 10.6. The number of hydrogen-bond donors (Lipinski definition) is 3. The van der Waals surface area contributed by atoms with Gasteiger partial charge in [0, 0.05) is 20.2 Å². The van der Waals surface area contributed by atoms with Gasteiger partial charge in [0.1, 0.15) is 6.61 Å². The molecule has 2 amide bonds. The highest BCUT2D eigenvalue weighted by Gasteiger charge is 2.10. The van der Waals surface area contributed by atoms with Crippen molar-refractivity contribution in [3.05, 3.63) is 40.4 Å². The minimum Gasteiger partial charge on any atom is -0.375 e. The summed E-state index contributed by atoms with van der Waals surface area (Å²) in [6, 6.07) is 6.75. The lowest BCUT2D eigenvalue weighted by molar-refractivity contribution is -0.124. The van der Waals surface area contributed by atoms with Crippen LogP contribution in [0.2, 0.25) is 0 Å². The third-order valence-electron chi connectivity index (χ3n) is 2.84. The maximum atomic E-state index is 11.9. The summed E-state index contributed by atoms with van der Waals surface area (Å²) in [6.45, 7) is 0.435. The Bertz CT molecular complexity index is 741. The zero-order valence-electron chi connectivity index (χ0n) is 12.0. The molecular weight excluding hydrogens is 288 g/mol. The van der Waals surface area contributed by atoms with Gasteiger partial charge in [0.05, 0.1) is 10.9 Å². The van der Waals surface area contributed by atoms with E-state index >= 15 is 0 Å². The molecule has 3 N–H and O–H groups in total. The number of benzene rings is 1. The summed E-state index contributed by atoms with van der Waals surface area (Å²) in [6.07, 6.45) is 0. The van der Waals surface area contributed by atoms with Gasteiger partial charge in [-0.25, -0.2) is 4.98 Å². The molecule has 0 saturated carbocycles. The highest BCUT2D eigenvalue weighted by Crippen LogP contribution is 2.05. The molecule has 1 aromatic heterocycles. The molecule has 0 aliphatic rings. The number of para-hydroxylation sites is 1. The van der Waals surface area contributed by atoms with Crippen molar-refractivity contribution in [2.24, 2.45) is 0 Å². The number of nitrogens with zero attached hydrogens (tertiary/aromatic N) is 1. The van der Waals surface area contributed by atoms with Crippen LogP contribution in [-0.2, 0) is 9.53 Å². The molecule has 0 spiro atoms. The van der Waals surface area contributed by atoms with E-state index in [4.69, 9.17) is 0 Å². The van der Waals surface area contributed by atoms with Crippen LogP contribution in [0, 0.1) is 0 Å². The zero-order chi connectivity index (χ0) is 15.9. The molecule has 0 bridgehead atoms. The fraction of sp³-hybridized carbons (Fsp3) is 0.286. The van der Waals surface area contributed by atoms with Gasteiger partial charge in [0.2, 0.25) is 5.91 Å². The van der Waals surface area contributed by atoms with E-state index in [0.717, 1.165) is 0 Å². The molecule has 2 rings (SSSR count). The summed E-state index contributed by atoms with van der Waals surface area (Å²) in [5.74, 6) is -0.843. The number of ether oxygens (including phenoxy) is 1. The van der Waals surface area contributed by atoms with E-state index in [1.165, 1.54) is 7.11 Å². The molecule has 0 saturated heterocycles. The average molecular weight is 304 g/mol. The number of amides is 2. The Labute approximate surface area is 125 Å². The first-order valence-electron chi connectivity index (χ1n) is 6.64. The van der Waals surface area contributed by atoms with Crippen LogP contribution in [0.5, 0.6) is 0 Å². The van der Waals surface area contributed by atoms with Crippen LogP contribution in [0.15, 0.2) is 29.1 Å². The molecule has 0 atom stereocenters. The number of aromatic amines is 1. The monoisotopic (exact) mass is 304 g/mol. The van der Waals surface area contributed by atoms with E-state index in [0.29, 0.717) is 10.9 Å². The van der Waals surface area contributed by atoms with E-state index in [-0.39, 0.29) is 37.0 Å². The molecule has 116 valence electrons. The van der Waals surface area contributed by atoms with E-state index in [1.54, 1.807) is 24.3 Å². The predicted molar refractivity (Wildman–Crippen MR) is 79.6 cm³/mol. The maximum Gasteiger partial charge on any atom is 0.287 e. The Balaban J connectivity index is 1.96. The fourth-order valence-corrected chi connectivity index (χ4v) is 1.84. The highest BCUT2D eigenvalue weighted by atomic mass is 16.5. The predicted octanol–water partition coefficient (Wildman–Crippen LogP) is -0.584. The minimum absolute atomic E-state index is 0.0342. The minimum atomic E-state index is -0.510. The van der Waals surface area contributed by atoms with Gasteiger partial charge in [0.15, 0.2) is 5.82 Å². The van der Waals surface area contributed by atoms with Crippen LogP contribution >= 0.6 is 0 Å². The average Bonchev–Trinajstić information content (AvgIpc) is 2.51. The Morgan fingerprint density at radius 2 is 1.95 bits per heavy atom. The van der Waals surface area contributed by atoms with Crippen LogP contribution in [0.4, 0.5) is 0 Å². The first kappa shape index (κ1) is 15.6. The van der Waals surface area contributed by atoms with Crippen molar-refractivity contribution in [2.75, 3.05) is 26.8 Å². The second-order valence-electron chi connectivity index (χ2n) is 4.47. The standard InChI is InChI=1S/C14H16N4O4/c1-22-8-11(19)15-6-7-16-14(21)12-17-10-5-3-2-4-9(10)13(20)18-12/h2-5H,6-8H2,1H3,(H,15,19)(H,16,21)(H,17,18,20). The number of carbonyl (C=O) groups excluding carboxylic acids is 2. The van der Waals surface area contributed by atoms with Gasteiger partial charge in [-0.1, -0.05) is 12.1 Å². The summed E-state index contributed by atoms with van der Waals surface area (Å²) in [4.78, 5) is 41.5. The third kappa shape index (κ3) is 3.89. The Morgan fingerprint density at radius 1 is 1.23 bits per heavy atom. The summed E-state index contributed by atoms with van der Waals surface area (Å²) in [5.41, 5.74) is 0.0777. The summed E-state index contributed by atoms with van der Waals surface area (Å²) >= 11 is 0. The zero-order valence-corrected chi connectivity index (χ0v) is 12.0. The van der Waals surface area contributed by atoms with Crippen molar-refractivity contribution in [1.82, 2.24) is 20.6 Å². The molecule has 0 aliphatic heterocycles. The first-order valence-corrected chi connectivity index (χ1v) is 6.64. The molecule has 1 heterocycles. The van der Waals surface area contributed by atoms with Crippen molar-refractivity contribution in [1.29, 1.82) is 0 Å². The van der Waals surface area contributed by atoms with Crippen molar-refractivity contribution in [3.8, 4) is 0 Å². The largest absolute Gasteiger partial charge is 0.375 e. The number of nitrogens with one attached hydrogen (secondary N) is 3. The Morgan fingerprint density at radius 3 is 2.73 bits per heavy atom. The summed E-state index contributed by atoms with van der Waals surface area (Å²) in [7, 11) is 1.42. The van der Waals surface area contributed by atoms with Crippen molar-refractivity contribution < 1.29 is 14.3 Å². The van der Waals surface area contributed by atoms with E-state index in [2.05, 4.69) is 25.3 Å². The smallest absolute Gasteiger partial charge is 0.287 e. The van der Waals surface area contributed by atoms with Gasteiger partial charge < -0.3 is 20.4 Å². The molecule has 8 heteroatoms. The number of hydrogen-bond acceptors (Lipinski definition) is 5. The van der Waals surface area contributed by atoms with E-state index < -0.39 is 5.91 Å². The lowest BCUT2D eigenvalue weighted by atomic mass is 10.2. The van der Waals surface area contributed by atoms with Crippen LogP contribution in [0.3, 0.4) is 0 Å². The molecule has 0 fully saturated rings. The van der Waals surface area contributed by atoms with Crippen molar-refractivity contribution >= 4 is 22.7 Å². The molecule has 0 unspecified atom stereocenters. The number of fused-ring (bicyclic) bond motifs is 1. The van der Waals surface area contributed by atoms with Crippen LogP contribution in [-0.4, -0.2) is 48.6 Å². The normalized spacial score (nSPS) is 10.4. The fourth-order valence-electron chi connectivity index (χ4n) is 1.84. The van der Waals surface area contributed by atoms with Gasteiger partial charge in [-0.05, 0) is 12.1 Å². The number of aromatic nitrogens is 2.